The number of hydrogen-bond donors (Lipinski definition) is 3. The van der Waals surface area contributed by atoms with Gasteiger partial charge in [0, 0.05) is 37.8 Å². The molecule has 9 heteroatoms. The number of nitrogen functional groups attached to an aromatic ring is 2. The number of alkyl halides is 1. The fraction of sp³-hybridized carbons (Fsp3) is 0.167. The van der Waals surface area contributed by atoms with Crippen LogP contribution in [-0.2, 0) is 11.9 Å². The first-order chi connectivity index (χ1) is 9.47. The summed E-state index contributed by atoms with van der Waals surface area (Å²) in [7, 11) is 0. The van der Waals surface area contributed by atoms with Crippen LogP contribution in [0.5, 0.6) is 0 Å². The first-order valence-electron chi connectivity index (χ1n) is 5.44. The van der Waals surface area contributed by atoms with Crippen molar-refractivity contribution >= 4 is 76.4 Å². The molecule has 0 atom stereocenters. The Bertz CT molecular complexity index is 532. The van der Waals surface area contributed by atoms with Crippen molar-refractivity contribution in [1.82, 2.24) is 9.97 Å². The molecule has 0 unspecified atom stereocenters. The predicted octanol–water partition coefficient (Wildman–Crippen LogP) is 3.82. The summed E-state index contributed by atoms with van der Waals surface area (Å²) in [6.07, 6.45) is 3.27. The Hall–Kier alpha value is -0.220. The fourth-order valence-corrected chi connectivity index (χ4v) is 2.42. The molecule has 0 saturated carbocycles. The average Bonchev–Trinajstić information content (AvgIpc) is 2.44. The van der Waals surface area contributed by atoms with E-state index >= 15 is 0 Å². The number of rotatable bonds is 2. The van der Waals surface area contributed by atoms with Crippen molar-refractivity contribution in [3.8, 4) is 0 Å². The molecule has 0 aliphatic rings. The predicted molar refractivity (Wildman–Crippen MR) is 102 cm³/mol. The molecule has 0 amide bonds. The maximum absolute atomic E-state index is 8.70. The highest BCUT2D eigenvalue weighted by molar-refractivity contribution is 9.10. The Labute approximate surface area is 158 Å². The zero-order valence-corrected chi connectivity index (χ0v) is 17.2. The molecular weight excluding hydrogens is 536 g/mol. The van der Waals surface area contributed by atoms with Gasteiger partial charge in [0.2, 0.25) is 0 Å². The quantitative estimate of drug-likeness (QED) is 0.495. The molecule has 116 valence electrons. The Balaban J connectivity index is 0.000000364. The summed E-state index contributed by atoms with van der Waals surface area (Å²) in [5.74, 6) is 0.964. The largest absolute Gasteiger partial charge is 0.392 e. The van der Waals surface area contributed by atoms with E-state index in [0.717, 1.165) is 19.8 Å². The molecule has 2 heterocycles. The number of hydrogen-bond acceptors (Lipinski definition) is 5. The van der Waals surface area contributed by atoms with Crippen LogP contribution >= 0.6 is 64.8 Å². The lowest BCUT2D eigenvalue weighted by Gasteiger charge is -1.99. The molecule has 5 nitrogen and oxygen atoms in total. The highest BCUT2D eigenvalue weighted by Gasteiger charge is 1.98. The molecule has 0 fully saturated rings. The first-order valence-corrected chi connectivity index (χ1v) is 8.15. The van der Waals surface area contributed by atoms with Gasteiger partial charge in [-0.25, -0.2) is 9.97 Å². The van der Waals surface area contributed by atoms with Gasteiger partial charge in [0.05, 0.1) is 6.61 Å². The van der Waals surface area contributed by atoms with Crippen LogP contribution in [0.1, 0.15) is 11.1 Å². The number of aliphatic hydroxyl groups is 1. The fourth-order valence-electron chi connectivity index (χ4n) is 1.22. The maximum Gasteiger partial charge on any atom is 0.128 e. The van der Waals surface area contributed by atoms with Crippen molar-refractivity contribution < 1.29 is 5.11 Å². The second-order valence-electron chi connectivity index (χ2n) is 3.69. The minimum absolute atomic E-state index is 0. The van der Waals surface area contributed by atoms with Gasteiger partial charge in [-0.15, -0.1) is 17.0 Å². The van der Waals surface area contributed by atoms with Crippen LogP contribution in [0.15, 0.2) is 33.5 Å². The number of pyridine rings is 2. The van der Waals surface area contributed by atoms with Gasteiger partial charge in [-0.05, 0) is 44.0 Å². The van der Waals surface area contributed by atoms with Crippen LogP contribution in [0, 0.1) is 0 Å². The summed E-state index contributed by atoms with van der Waals surface area (Å²) in [6, 6.07) is 3.68. The molecule has 0 bridgehead atoms. The zero-order valence-electron chi connectivity index (χ0n) is 10.8. The van der Waals surface area contributed by atoms with Crippen LogP contribution in [0.25, 0.3) is 0 Å². The average molecular weight is 550 g/mol. The third-order valence-electron chi connectivity index (χ3n) is 2.25. The zero-order chi connectivity index (χ0) is 15.1. The van der Waals surface area contributed by atoms with E-state index in [2.05, 4.69) is 57.8 Å². The smallest absolute Gasteiger partial charge is 0.128 e. The Morgan fingerprint density at radius 2 is 1.38 bits per heavy atom. The molecule has 0 aliphatic heterocycles. The van der Waals surface area contributed by atoms with E-state index in [1.54, 1.807) is 18.5 Å². The molecule has 5 N–H and O–H groups in total. The SMILES string of the molecule is Br.Nc1ncc(Br)cc1CBr.Nc1ncc(Br)cc1CO. The number of anilines is 2. The molecule has 2 rings (SSSR count). The maximum atomic E-state index is 8.70. The van der Waals surface area contributed by atoms with Crippen molar-refractivity contribution in [2.24, 2.45) is 0 Å². The number of aliphatic hydroxyl groups excluding tert-OH is 1. The van der Waals surface area contributed by atoms with Crippen molar-refractivity contribution in [1.29, 1.82) is 0 Å². The molecule has 0 spiro atoms. The van der Waals surface area contributed by atoms with Crippen molar-refractivity contribution in [3.63, 3.8) is 0 Å². The standard InChI is InChI=1S/C6H6Br2N2.C6H7BrN2O.BrH/c7-2-4-1-5(8)3-10-6(4)9;7-5-1-4(3-10)6(8)9-2-5;/h1,3H,2H2,(H2,9,10);1-2,10H,3H2,(H2,8,9);1H. The number of halogens is 4. The van der Waals surface area contributed by atoms with Gasteiger partial charge in [-0.2, -0.15) is 0 Å². The third kappa shape index (κ3) is 7.05. The van der Waals surface area contributed by atoms with E-state index in [1.807, 2.05) is 6.07 Å². The van der Waals surface area contributed by atoms with Gasteiger partial charge < -0.3 is 16.6 Å². The lowest BCUT2D eigenvalue weighted by atomic mass is 10.3. The normalized spacial score (nSPS) is 9.33. The molecule has 0 aromatic carbocycles. The van der Waals surface area contributed by atoms with Crippen LogP contribution in [-0.4, -0.2) is 15.1 Å². The van der Waals surface area contributed by atoms with Crippen LogP contribution < -0.4 is 11.5 Å². The van der Waals surface area contributed by atoms with Crippen molar-refractivity contribution in [3.05, 3.63) is 44.6 Å². The summed E-state index contributed by atoms with van der Waals surface area (Å²) in [6.45, 7) is -0.0712. The minimum Gasteiger partial charge on any atom is -0.392 e. The van der Waals surface area contributed by atoms with E-state index in [0.29, 0.717) is 17.2 Å². The highest BCUT2D eigenvalue weighted by Crippen LogP contribution is 2.17. The van der Waals surface area contributed by atoms with Crippen LogP contribution in [0.3, 0.4) is 0 Å². The van der Waals surface area contributed by atoms with Crippen molar-refractivity contribution in [2.75, 3.05) is 11.5 Å². The van der Waals surface area contributed by atoms with E-state index in [-0.39, 0.29) is 23.6 Å². The monoisotopic (exact) mass is 546 g/mol. The molecule has 0 radical (unpaired) electrons. The summed E-state index contributed by atoms with van der Waals surface area (Å²) in [5, 5.41) is 9.44. The molecule has 2 aromatic rings. The molecule has 2 aromatic heterocycles. The first kappa shape index (κ1) is 20.8. The lowest BCUT2D eigenvalue weighted by Crippen LogP contribution is -1.96. The topological polar surface area (TPSA) is 98.0 Å². The molecule has 21 heavy (non-hydrogen) atoms. The summed E-state index contributed by atoms with van der Waals surface area (Å²) in [4.78, 5) is 7.77. The minimum atomic E-state index is -0.0712. The number of aromatic nitrogens is 2. The van der Waals surface area contributed by atoms with Gasteiger partial charge in [0.25, 0.3) is 0 Å². The van der Waals surface area contributed by atoms with Crippen molar-refractivity contribution in [2.45, 2.75) is 11.9 Å². The Kier molecular flexibility index (Phi) is 10.4. The van der Waals surface area contributed by atoms with Gasteiger partial charge in [0.1, 0.15) is 11.6 Å². The van der Waals surface area contributed by atoms with Gasteiger partial charge >= 0.3 is 0 Å². The number of nitrogens with zero attached hydrogens (tertiary/aromatic N) is 2. The van der Waals surface area contributed by atoms with Gasteiger partial charge in [-0.3, -0.25) is 0 Å². The summed E-state index contributed by atoms with van der Waals surface area (Å²) >= 11 is 9.81. The Morgan fingerprint density at radius 3 is 1.71 bits per heavy atom. The van der Waals surface area contributed by atoms with E-state index < -0.39 is 0 Å². The molecule has 0 aliphatic carbocycles. The second kappa shape index (κ2) is 10.5. The Morgan fingerprint density at radius 1 is 0.952 bits per heavy atom. The van der Waals surface area contributed by atoms with Crippen LogP contribution in [0.4, 0.5) is 11.6 Å². The van der Waals surface area contributed by atoms with Gasteiger partial charge in [-0.1, -0.05) is 15.9 Å². The lowest BCUT2D eigenvalue weighted by molar-refractivity contribution is 0.282. The summed E-state index contributed by atoms with van der Waals surface area (Å²) < 4.78 is 1.78. The third-order valence-corrected chi connectivity index (χ3v) is 3.72. The summed E-state index contributed by atoms with van der Waals surface area (Å²) in [5.41, 5.74) is 12.6. The molecule has 0 saturated heterocycles. The van der Waals surface area contributed by atoms with Crippen LogP contribution in [0.2, 0.25) is 0 Å². The van der Waals surface area contributed by atoms with E-state index in [1.165, 1.54) is 0 Å². The number of nitrogens with two attached hydrogens (primary N) is 2. The van der Waals surface area contributed by atoms with Gasteiger partial charge in [0.15, 0.2) is 0 Å². The molecular formula is C12H14Br4N4O. The second-order valence-corrected chi connectivity index (χ2v) is 6.08. The van der Waals surface area contributed by atoms with E-state index in [9.17, 15) is 0 Å². The highest BCUT2D eigenvalue weighted by atomic mass is 79.9. The van der Waals surface area contributed by atoms with E-state index in [4.69, 9.17) is 16.6 Å².